The van der Waals surface area contributed by atoms with Crippen LogP contribution in [-0.2, 0) is 23.1 Å². The Labute approximate surface area is 188 Å². The van der Waals surface area contributed by atoms with Crippen LogP contribution in [0.2, 0.25) is 5.02 Å². The Morgan fingerprint density at radius 3 is 2.90 bits per heavy atom. The topological polar surface area (TPSA) is 79.1 Å². The first kappa shape index (κ1) is 21.9. The molecule has 1 saturated heterocycles. The minimum absolute atomic E-state index is 0.0423. The highest BCUT2D eigenvalue weighted by Gasteiger charge is 2.27. The van der Waals surface area contributed by atoms with Crippen LogP contribution < -0.4 is 4.74 Å². The zero-order valence-corrected chi connectivity index (χ0v) is 19.1. The number of nitrogens with one attached hydrogen (secondary N) is 2. The minimum Gasteiger partial charge on any atom is -0.492 e. The quantitative estimate of drug-likeness (QED) is 0.569. The molecule has 0 bridgehead atoms. The largest absolute Gasteiger partial charge is 0.492 e. The van der Waals surface area contributed by atoms with Crippen LogP contribution in [0, 0.1) is 0 Å². The molecule has 0 amide bonds. The number of rotatable bonds is 7. The molecule has 0 aliphatic carbocycles. The fourth-order valence-corrected chi connectivity index (χ4v) is 4.04. The number of aromatic nitrogens is 4. The number of aromatic amines is 2. The molecule has 31 heavy (non-hydrogen) atoms. The molecule has 2 aromatic heterocycles. The van der Waals surface area contributed by atoms with E-state index in [2.05, 4.69) is 52.1 Å². The SMILES string of the molecule is CC(C)(C)c1[nH]ncc1CN1CCOC(c2cc(CCOc3ccccc3Cl)[nH]n2)C1. The summed E-state index contributed by atoms with van der Waals surface area (Å²) in [4.78, 5) is 2.41. The minimum atomic E-state index is -0.0479. The number of benzene rings is 1. The Morgan fingerprint density at radius 2 is 2.10 bits per heavy atom. The maximum atomic E-state index is 6.14. The fraction of sp³-hybridized carbons (Fsp3) is 0.478. The van der Waals surface area contributed by atoms with Gasteiger partial charge in [-0.3, -0.25) is 15.1 Å². The Bertz CT molecular complexity index is 994. The highest BCUT2D eigenvalue weighted by Crippen LogP contribution is 2.27. The van der Waals surface area contributed by atoms with Gasteiger partial charge in [0, 0.05) is 48.4 Å². The smallest absolute Gasteiger partial charge is 0.137 e. The maximum absolute atomic E-state index is 6.14. The predicted molar refractivity (Wildman–Crippen MR) is 120 cm³/mol. The first-order chi connectivity index (χ1) is 14.9. The summed E-state index contributed by atoms with van der Waals surface area (Å²) in [5, 5.41) is 15.7. The van der Waals surface area contributed by atoms with Crippen molar-refractivity contribution in [2.24, 2.45) is 0 Å². The molecule has 3 heterocycles. The third-order valence-corrected chi connectivity index (χ3v) is 5.77. The van der Waals surface area contributed by atoms with Crippen molar-refractivity contribution in [1.82, 2.24) is 25.3 Å². The van der Waals surface area contributed by atoms with E-state index in [4.69, 9.17) is 21.1 Å². The Hall–Kier alpha value is -2.35. The highest BCUT2D eigenvalue weighted by atomic mass is 35.5. The average Bonchev–Trinajstić information content (AvgIpc) is 3.39. The summed E-state index contributed by atoms with van der Waals surface area (Å²) in [6.07, 6.45) is 2.61. The van der Waals surface area contributed by atoms with Crippen molar-refractivity contribution in [3.8, 4) is 5.75 Å². The number of hydrogen-bond donors (Lipinski definition) is 2. The van der Waals surface area contributed by atoms with Crippen LogP contribution in [0.5, 0.6) is 5.75 Å². The first-order valence-corrected chi connectivity index (χ1v) is 11.1. The number of ether oxygens (including phenoxy) is 2. The molecule has 0 saturated carbocycles. The van der Waals surface area contributed by atoms with Crippen LogP contribution in [0.3, 0.4) is 0 Å². The van der Waals surface area contributed by atoms with Crippen molar-refractivity contribution in [3.63, 3.8) is 0 Å². The third-order valence-electron chi connectivity index (χ3n) is 5.46. The van der Waals surface area contributed by atoms with E-state index in [0.29, 0.717) is 24.0 Å². The molecule has 1 fully saturated rings. The van der Waals surface area contributed by atoms with Gasteiger partial charge in [0.25, 0.3) is 0 Å². The number of nitrogens with zero attached hydrogens (tertiary/aromatic N) is 3. The molecular formula is C23H30ClN5O2. The van der Waals surface area contributed by atoms with Crippen molar-refractivity contribution < 1.29 is 9.47 Å². The lowest BCUT2D eigenvalue weighted by Gasteiger charge is -2.32. The summed E-state index contributed by atoms with van der Waals surface area (Å²) < 4.78 is 11.8. The lowest BCUT2D eigenvalue weighted by molar-refractivity contribution is -0.0351. The summed E-state index contributed by atoms with van der Waals surface area (Å²) in [6.45, 7) is 10.4. The monoisotopic (exact) mass is 443 g/mol. The van der Waals surface area contributed by atoms with Crippen molar-refractivity contribution in [2.45, 2.75) is 45.3 Å². The van der Waals surface area contributed by atoms with Gasteiger partial charge in [0.15, 0.2) is 0 Å². The third kappa shape index (κ3) is 5.47. The normalized spacial score (nSPS) is 17.7. The number of para-hydroxylation sites is 1. The van der Waals surface area contributed by atoms with E-state index in [1.165, 1.54) is 11.3 Å². The van der Waals surface area contributed by atoms with Gasteiger partial charge in [0.1, 0.15) is 11.9 Å². The van der Waals surface area contributed by atoms with Crippen LogP contribution >= 0.6 is 11.6 Å². The predicted octanol–water partition coefficient (Wildman–Crippen LogP) is 4.28. The summed E-state index contributed by atoms with van der Waals surface area (Å²) in [5.74, 6) is 0.698. The number of H-pyrrole nitrogens is 2. The van der Waals surface area contributed by atoms with Crippen LogP contribution in [-0.4, -0.2) is 51.6 Å². The van der Waals surface area contributed by atoms with Crippen molar-refractivity contribution >= 4 is 11.6 Å². The molecule has 1 unspecified atom stereocenters. The summed E-state index contributed by atoms with van der Waals surface area (Å²) >= 11 is 6.14. The van der Waals surface area contributed by atoms with Crippen molar-refractivity contribution in [2.75, 3.05) is 26.3 Å². The Kier molecular flexibility index (Phi) is 6.65. The molecule has 3 aromatic rings. The van der Waals surface area contributed by atoms with E-state index < -0.39 is 0 Å². The second-order valence-corrected chi connectivity index (χ2v) is 9.37. The molecule has 8 heteroatoms. The number of hydrogen-bond acceptors (Lipinski definition) is 5. The van der Waals surface area contributed by atoms with Gasteiger partial charge in [-0.05, 0) is 18.2 Å². The molecule has 1 aromatic carbocycles. The maximum Gasteiger partial charge on any atom is 0.137 e. The van der Waals surface area contributed by atoms with Gasteiger partial charge >= 0.3 is 0 Å². The number of halogens is 1. The highest BCUT2D eigenvalue weighted by molar-refractivity contribution is 6.32. The fourth-order valence-electron chi connectivity index (χ4n) is 3.85. The Balaban J connectivity index is 1.32. The second kappa shape index (κ2) is 9.42. The molecule has 4 rings (SSSR count). The molecule has 0 spiro atoms. The van der Waals surface area contributed by atoms with E-state index in [1.807, 2.05) is 30.5 Å². The van der Waals surface area contributed by atoms with Crippen molar-refractivity contribution in [3.05, 3.63) is 64.2 Å². The van der Waals surface area contributed by atoms with Gasteiger partial charge in [-0.15, -0.1) is 0 Å². The molecule has 1 aliphatic rings. The van der Waals surface area contributed by atoms with E-state index >= 15 is 0 Å². The van der Waals surface area contributed by atoms with Crippen LogP contribution in [0.25, 0.3) is 0 Å². The Morgan fingerprint density at radius 1 is 1.26 bits per heavy atom. The van der Waals surface area contributed by atoms with E-state index in [9.17, 15) is 0 Å². The average molecular weight is 444 g/mol. The zero-order chi connectivity index (χ0) is 21.8. The zero-order valence-electron chi connectivity index (χ0n) is 18.3. The van der Waals surface area contributed by atoms with E-state index in [-0.39, 0.29) is 11.5 Å². The van der Waals surface area contributed by atoms with Gasteiger partial charge in [0.05, 0.1) is 30.1 Å². The summed E-state index contributed by atoms with van der Waals surface area (Å²) in [5.41, 5.74) is 4.43. The molecule has 2 N–H and O–H groups in total. The van der Waals surface area contributed by atoms with Crippen molar-refractivity contribution in [1.29, 1.82) is 0 Å². The van der Waals surface area contributed by atoms with Gasteiger partial charge in [-0.1, -0.05) is 44.5 Å². The van der Waals surface area contributed by atoms with Gasteiger partial charge in [-0.25, -0.2) is 0 Å². The second-order valence-electron chi connectivity index (χ2n) is 8.96. The summed E-state index contributed by atoms with van der Waals surface area (Å²) in [6, 6.07) is 9.57. The lowest BCUT2D eigenvalue weighted by Crippen LogP contribution is -2.38. The molecular weight excluding hydrogens is 414 g/mol. The van der Waals surface area contributed by atoms with Crippen LogP contribution in [0.1, 0.15) is 49.5 Å². The molecule has 166 valence electrons. The molecule has 1 atom stereocenters. The first-order valence-electron chi connectivity index (χ1n) is 10.7. The standard InChI is InChI=1S/C23H30ClN5O2/c1-23(2,3)22-16(13-25-28-22)14-29-9-11-31-21(15-29)19-12-17(26-27-19)8-10-30-20-7-5-4-6-18(20)24/h4-7,12-13,21H,8-11,14-15H2,1-3H3,(H,25,28)(H,26,27). The molecule has 0 radical (unpaired) electrons. The van der Waals surface area contributed by atoms with E-state index in [1.54, 1.807) is 0 Å². The van der Waals surface area contributed by atoms with Gasteiger partial charge in [0.2, 0.25) is 0 Å². The van der Waals surface area contributed by atoms with E-state index in [0.717, 1.165) is 37.4 Å². The van der Waals surface area contributed by atoms with Gasteiger partial charge in [-0.2, -0.15) is 10.2 Å². The molecule has 1 aliphatic heterocycles. The lowest BCUT2D eigenvalue weighted by atomic mass is 9.89. The van der Waals surface area contributed by atoms with Crippen LogP contribution in [0.4, 0.5) is 0 Å². The van der Waals surface area contributed by atoms with Gasteiger partial charge < -0.3 is 9.47 Å². The van der Waals surface area contributed by atoms with Crippen LogP contribution in [0.15, 0.2) is 36.5 Å². The summed E-state index contributed by atoms with van der Waals surface area (Å²) in [7, 11) is 0. The number of morpholine rings is 1. The molecule has 7 nitrogen and oxygen atoms in total.